The molecule has 0 N–H and O–H groups in total. The summed E-state index contributed by atoms with van der Waals surface area (Å²) in [7, 11) is 0. The number of carbonyl (C=O) groups is 1. The Morgan fingerprint density at radius 1 is 1.44 bits per heavy atom. The molecule has 0 bridgehead atoms. The lowest BCUT2D eigenvalue weighted by Crippen LogP contribution is -2.30. The molecule has 1 aromatic rings. The van der Waals surface area contributed by atoms with Crippen molar-refractivity contribution in [1.82, 2.24) is 0 Å². The van der Waals surface area contributed by atoms with Crippen molar-refractivity contribution in [2.45, 2.75) is 33.1 Å². The summed E-state index contributed by atoms with van der Waals surface area (Å²) in [5, 5.41) is 0. The van der Waals surface area contributed by atoms with Crippen molar-refractivity contribution in [1.29, 1.82) is 0 Å². The van der Waals surface area contributed by atoms with Crippen LogP contribution in [-0.2, 0) is 6.42 Å². The fraction of sp³-hybridized carbons (Fsp3) is 0.438. The fourth-order valence-electron chi connectivity index (χ4n) is 2.44. The average molecular weight is 241 g/mol. The molecule has 1 aliphatic rings. The average Bonchev–Trinajstić information content (AvgIpc) is 2.38. The lowest BCUT2D eigenvalue weighted by molar-refractivity contribution is 0.101. The molecule has 0 aliphatic carbocycles. The van der Waals surface area contributed by atoms with Gasteiger partial charge >= 0.3 is 0 Å². The third-order valence-corrected chi connectivity index (χ3v) is 3.38. The Labute approximate surface area is 109 Å². The van der Waals surface area contributed by atoms with Crippen LogP contribution >= 0.6 is 0 Å². The summed E-state index contributed by atoms with van der Waals surface area (Å²) in [6.45, 7) is 5.58. The number of ketones is 1. The van der Waals surface area contributed by atoms with Crippen LogP contribution in [0.2, 0.25) is 0 Å². The maximum atomic E-state index is 11.4. The highest BCUT2D eigenvalue weighted by Crippen LogP contribution is 2.28. The van der Waals surface area contributed by atoms with E-state index in [1.165, 1.54) is 11.3 Å². The molecule has 0 amide bonds. The lowest BCUT2D eigenvalue weighted by Gasteiger charge is -2.31. The fourth-order valence-corrected chi connectivity index (χ4v) is 2.44. The molecule has 0 radical (unpaired) electrons. The van der Waals surface area contributed by atoms with E-state index in [-0.39, 0.29) is 5.78 Å². The number of anilines is 1. The van der Waals surface area contributed by atoms with E-state index in [9.17, 15) is 4.79 Å². The molecule has 94 valence electrons. The molecule has 0 fully saturated rings. The monoisotopic (exact) mass is 241 g/mol. The molecule has 1 aromatic carbocycles. The van der Waals surface area contributed by atoms with E-state index in [2.05, 4.69) is 28.9 Å². The Bertz CT molecular complexity index is 508. The van der Waals surface area contributed by atoms with E-state index < -0.39 is 0 Å². The molecular weight excluding hydrogens is 222 g/mol. The van der Waals surface area contributed by atoms with Crippen LogP contribution in [0.15, 0.2) is 18.2 Å². The first-order valence-corrected chi connectivity index (χ1v) is 6.51. The number of nitrogens with zero attached hydrogens (tertiary/aromatic N) is 1. The van der Waals surface area contributed by atoms with Gasteiger partial charge in [-0.25, -0.2) is 0 Å². The molecule has 18 heavy (non-hydrogen) atoms. The third-order valence-electron chi connectivity index (χ3n) is 3.38. The van der Waals surface area contributed by atoms with Crippen molar-refractivity contribution in [3.05, 3.63) is 29.3 Å². The van der Waals surface area contributed by atoms with Gasteiger partial charge in [0.05, 0.1) is 0 Å². The van der Waals surface area contributed by atoms with Gasteiger partial charge in [-0.15, -0.1) is 11.8 Å². The van der Waals surface area contributed by atoms with Crippen LogP contribution in [0.4, 0.5) is 5.69 Å². The maximum Gasteiger partial charge on any atom is 0.159 e. The molecule has 0 aromatic heterocycles. The molecule has 0 atom stereocenters. The zero-order valence-corrected chi connectivity index (χ0v) is 11.1. The highest BCUT2D eigenvalue weighted by atomic mass is 16.1. The van der Waals surface area contributed by atoms with Crippen LogP contribution in [0, 0.1) is 11.8 Å². The second-order valence-electron chi connectivity index (χ2n) is 4.67. The summed E-state index contributed by atoms with van der Waals surface area (Å²) in [6, 6.07) is 6.07. The lowest BCUT2D eigenvalue weighted by atomic mass is 9.98. The predicted octanol–water partition coefficient (Wildman–Crippen LogP) is 3.06. The minimum atomic E-state index is 0.145. The minimum Gasteiger partial charge on any atom is -0.370 e. The standard InChI is InChI=1S/C16H19NO/c1-3-4-5-10-17-11-6-7-15-12-14(13(2)18)8-9-16(15)17/h8-9,12H,5-7,10-11H2,1-2H3. The zero-order chi connectivity index (χ0) is 13.0. The van der Waals surface area contributed by atoms with E-state index in [1.54, 1.807) is 6.92 Å². The highest BCUT2D eigenvalue weighted by Gasteiger charge is 2.17. The first-order chi connectivity index (χ1) is 8.72. The first-order valence-electron chi connectivity index (χ1n) is 6.51. The van der Waals surface area contributed by atoms with E-state index in [0.717, 1.165) is 37.9 Å². The van der Waals surface area contributed by atoms with Crippen molar-refractivity contribution in [2.24, 2.45) is 0 Å². The molecular formula is C16H19NO. The van der Waals surface area contributed by atoms with Crippen LogP contribution in [-0.4, -0.2) is 18.9 Å². The summed E-state index contributed by atoms with van der Waals surface area (Å²) < 4.78 is 0. The van der Waals surface area contributed by atoms with Crippen LogP contribution in [0.5, 0.6) is 0 Å². The van der Waals surface area contributed by atoms with Gasteiger partial charge in [-0.2, -0.15) is 0 Å². The Hall–Kier alpha value is -1.75. The smallest absolute Gasteiger partial charge is 0.159 e. The second-order valence-corrected chi connectivity index (χ2v) is 4.67. The number of hydrogen-bond donors (Lipinski definition) is 0. The normalized spacial score (nSPS) is 13.6. The van der Waals surface area contributed by atoms with Crippen LogP contribution < -0.4 is 4.90 Å². The van der Waals surface area contributed by atoms with Crippen molar-refractivity contribution in [3.63, 3.8) is 0 Å². The van der Waals surface area contributed by atoms with E-state index >= 15 is 0 Å². The summed E-state index contributed by atoms with van der Waals surface area (Å²) >= 11 is 0. The van der Waals surface area contributed by atoms with Gasteiger partial charge in [-0.1, -0.05) is 0 Å². The molecule has 2 nitrogen and oxygen atoms in total. The summed E-state index contributed by atoms with van der Waals surface area (Å²) in [6.07, 6.45) is 3.14. The molecule has 1 heterocycles. The number of rotatable bonds is 3. The van der Waals surface area contributed by atoms with Crippen LogP contribution in [0.1, 0.15) is 42.6 Å². The number of carbonyl (C=O) groups excluding carboxylic acids is 1. The number of hydrogen-bond acceptors (Lipinski definition) is 2. The first kappa shape index (κ1) is 12.7. The van der Waals surface area contributed by atoms with E-state index in [0.29, 0.717) is 0 Å². The SMILES string of the molecule is CC#CCCN1CCCc2cc(C(C)=O)ccc21. The predicted molar refractivity (Wildman–Crippen MR) is 75.0 cm³/mol. The van der Waals surface area contributed by atoms with Crippen LogP contribution in [0.3, 0.4) is 0 Å². The number of benzene rings is 1. The maximum absolute atomic E-state index is 11.4. The molecule has 0 unspecified atom stereocenters. The minimum absolute atomic E-state index is 0.145. The summed E-state index contributed by atoms with van der Waals surface area (Å²) in [4.78, 5) is 13.8. The van der Waals surface area contributed by atoms with Gasteiger partial charge in [-0.05, 0) is 50.5 Å². The summed E-state index contributed by atoms with van der Waals surface area (Å²) in [5.74, 6) is 6.19. The topological polar surface area (TPSA) is 20.3 Å². The van der Waals surface area contributed by atoms with Gasteiger partial charge in [0.1, 0.15) is 0 Å². The molecule has 0 spiro atoms. The highest BCUT2D eigenvalue weighted by molar-refractivity contribution is 5.94. The molecule has 0 saturated carbocycles. The largest absolute Gasteiger partial charge is 0.370 e. The molecule has 1 aliphatic heterocycles. The third kappa shape index (κ3) is 2.73. The Morgan fingerprint density at radius 2 is 2.28 bits per heavy atom. The quantitative estimate of drug-likeness (QED) is 0.599. The van der Waals surface area contributed by atoms with Gasteiger partial charge < -0.3 is 4.90 Å². The Morgan fingerprint density at radius 3 is 3.00 bits per heavy atom. The van der Waals surface area contributed by atoms with Gasteiger partial charge in [0, 0.05) is 30.8 Å². The number of aryl methyl sites for hydroxylation is 1. The van der Waals surface area contributed by atoms with E-state index in [1.807, 2.05) is 13.0 Å². The van der Waals surface area contributed by atoms with Crippen molar-refractivity contribution in [3.8, 4) is 11.8 Å². The Balaban J connectivity index is 2.20. The van der Waals surface area contributed by atoms with Crippen molar-refractivity contribution < 1.29 is 4.79 Å². The Kier molecular flexibility index (Phi) is 4.04. The van der Waals surface area contributed by atoms with Crippen LogP contribution in [0.25, 0.3) is 0 Å². The van der Waals surface area contributed by atoms with E-state index in [4.69, 9.17) is 0 Å². The van der Waals surface area contributed by atoms with Gasteiger partial charge in [-0.3, -0.25) is 4.79 Å². The second kappa shape index (κ2) is 5.73. The van der Waals surface area contributed by atoms with Crippen molar-refractivity contribution >= 4 is 11.5 Å². The van der Waals surface area contributed by atoms with Gasteiger partial charge in [0.25, 0.3) is 0 Å². The van der Waals surface area contributed by atoms with Gasteiger partial charge in [0.2, 0.25) is 0 Å². The van der Waals surface area contributed by atoms with Gasteiger partial charge in [0.15, 0.2) is 5.78 Å². The molecule has 0 saturated heterocycles. The summed E-state index contributed by atoms with van der Waals surface area (Å²) in [5.41, 5.74) is 3.41. The number of Topliss-reactive ketones (excluding diaryl/α,β-unsaturated/α-hetero) is 1. The molecule has 2 heteroatoms. The zero-order valence-electron chi connectivity index (χ0n) is 11.1. The van der Waals surface area contributed by atoms with Crippen molar-refractivity contribution in [2.75, 3.05) is 18.0 Å². The molecule has 2 rings (SSSR count). The number of fused-ring (bicyclic) bond motifs is 1.